The van der Waals surface area contributed by atoms with Crippen molar-refractivity contribution < 1.29 is 98.3 Å². The number of fused-ring (bicyclic) bond motifs is 4. The molecule has 0 saturated carbocycles. The molecule has 0 aliphatic rings. The Morgan fingerprint density at radius 1 is 0.504 bits per heavy atom. The molecule has 0 atom stereocenters. The fraction of sp³-hybridized carbons (Fsp3) is 0.133. The molecule has 34 nitrogen and oxygen atoms in total. The first-order valence-electron chi connectivity index (χ1n) is 38.4. The normalized spacial score (nSPS) is 10.1. The van der Waals surface area contributed by atoms with Crippen LogP contribution in [0.3, 0.4) is 0 Å². The molecule has 0 saturated heterocycles. The Bertz CT molecular complexity index is 7100. The van der Waals surface area contributed by atoms with E-state index in [0.29, 0.717) is 73.6 Å². The summed E-state index contributed by atoms with van der Waals surface area (Å²) in [5.41, 5.74) is 12.5. The maximum atomic E-state index is 14.9. The number of hydrogen-bond acceptors (Lipinski definition) is 29. The summed E-state index contributed by atoms with van der Waals surface area (Å²) < 4.78 is 88.0. The third-order valence-electron chi connectivity index (χ3n) is 17.1. The van der Waals surface area contributed by atoms with Crippen molar-refractivity contribution in [1.82, 2.24) is 70.2 Å². The number of non-ortho nitro benzene ring substituents is 2. The second-order valence-corrected chi connectivity index (χ2v) is 31.3. The van der Waals surface area contributed by atoms with E-state index in [2.05, 4.69) is 84.6 Å². The van der Waals surface area contributed by atoms with E-state index in [9.17, 15) is 47.4 Å². The number of rotatable bonds is 21. The van der Waals surface area contributed by atoms with Crippen LogP contribution in [-0.2, 0) is 68.7 Å². The van der Waals surface area contributed by atoms with E-state index in [4.69, 9.17) is 63.1 Å². The number of carbonyl (C=O) groups excluding carboxylic acids is 2. The summed E-state index contributed by atoms with van der Waals surface area (Å²) >= 11 is 15.1. The second-order valence-electron chi connectivity index (χ2n) is 26.5. The molecule has 6 aromatic carbocycles. The number of carboxylic acids is 2. The summed E-state index contributed by atoms with van der Waals surface area (Å²) in [6.45, 7) is 10.3. The summed E-state index contributed by atoms with van der Waals surface area (Å²) in [6.07, 6.45) is 17.7. The van der Waals surface area contributed by atoms with Gasteiger partial charge in [0.05, 0.1) is 119 Å². The van der Waals surface area contributed by atoms with Gasteiger partial charge in [0.15, 0.2) is 51.4 Å². The molecule has 1 radical (unpaired) electrons. The number of amides is 2. The number of carboxylic acid groups (broad SMARTS) is 2. The predicted molar refractivity (Wildman–Crippen MR) is 512 cm³/mol. The fourth-order valence-electron chi connectivity index (χ4n) is 11.2. The summed E-state index contributed by atoms with van der Waals surface area (Å²) in [6, 6.07) is 47.9. The number of benzene rings is 6. The zero-order valence-corrected chi connectivity index (χ0v) is 75.6. The number of pyridine rings is 4. The minimum absolute atomic E-state index is 0. The summed E-state index contributed by atoms with van der Waals surface area (Å²) in [4.78, 5) is 85.1. The van der Waals surface area contributed by atoms with Crippen LogP contribution >= 0.6 is 69.8 Å². The number of carbonyl (C=O) groups is 4. The molecule has 45 heteroatoms. The molecule has 0 aliphatic heterocycles. The number of aromatic nitrogens is 13. The van der Waals surface area contributed by atoms with Crippen LogP contribution in [0.1, 0.15) is 65.5 Å². The van der Waals surface area contributed by atoms with Gasteiger partial charge in [-0.1, -0.05) is 97.1 Å². The number of nitrogen functional groups attached to an aromatic ring is 1. The van der Waals surface area contributed by atoms with Gasteiger partial charge in [-0.05, 0) is 117 Å². The molecule has 11 heterocycles. The quantitative estimate of drug-likeness (QED) is 0.00652. The molecule has 699 valence electrons. The zero-order valence-electron chi connectivity index (χ0n) is 69.8. The Morgan fingerprint density at radius 2 is 0.844 bits per heavy atom. The predicted octanol–water partition coefficient (Wildman–Crippen LogP) is 20.7. The van der Waals surface area contributed by atoms with Crippen LogP contribution in [0.2, 0.25) is 0 Å². The number of hydrogen-bond donors (Lipinski definition) is 5. The fourth-order valence-corrected chi connectivity index (χ4v) is 15.5. The van der Waals surface area contributed by atoms with Crippen molar-refractivity contribution in [3.05, 3.63) is 285 Å². The van der Waals surface area contributed by atoms with Gasteiger partial charge in [0.2, 0.25) is 5.91 Å². The smallest absolute Gasteiger partial charge is 0.300 e. The van der Waals surface area contributed by atoms with E-state index >= 15 is 0 Å². The number of anilines is 2. The van der Waals surface area contributed by atoms with Gasteiger partial charge in [0.1, 0.15) is 40.1 Å². The number of nitrogens with one attached hydrogen (secondary N) is 2. The van der Waals surface area contributed by atoms with Crippen LogP contribution < -0.4 is 35.3 Å². The number of terminal acetylenes is 1. The molecule has 0 spiro atoms. The maximum absolute atomic E-state index is 14.9. The number of aliphatic carboxylic acids is 2. The average molecular weight is 2000 g/mol. The van der Waals surface area contributed by atoms with Gasteiger partial charge in [-0.15, -0.1) is 67.1 Å². The van der Waals surface area contributed by atoms with E-state index in [-0.39, 0.29) is 95.1 Å². The molecule has 8 N–H and O–H groups in total. The number of nitro groups is 2. The monoisotopic (exact) mass is 2000 g/mol. The number of nitrogens with zero attached hydrogens (tertiary/aromatic N) is 16. The Labute approximate surface area is 803 Å². The van der Waals surface area contributed by atoms with Crippen LogP contribution in [-0.4, -0.2) is 124 Å². The first-order chi connectivity index (χ1) is 63.0. The van der Waals surface area contributed by atoms with Crippen molar-refractivity contribution in [3.8, 4) is 90.1 Å². The topological polar surface area (TPSA) is 470 Å². The van der Waals surface area contributed by atoms with Crippen molar-refractivity contribution in [1.29, 1.82) is 0 Å². The molecule has 2 amide bonds. The van der Waals surface area contributed by atoms with E-state index < -0.39 is 45.1 Å². The SMILES string of the molecule is C.C.C#Cc1cc2nccc(Oc3ccc([N+](=O)[O-])cc3F)c2s1.CC(=O)O.CC(=O)O.CCn1cc(-c2cc3nccc(Oc4ccc(N)cc4F)c3s2)nn1.CCn1cc(-c2cc3nccc(Oc4ccc(NC(=S)NC(=O)Cc5ccccc5)cc4F)c3s2)nn1.CCn1cc(-c2cc3nccc(Oc4ccc([N+](=O)[O-])cc4F)c3s2)nn1.O.O=C(Cc1ccccc1)N=C=S.[Cu]. The number of thiophene rings is 4. The van der Waals surface area contributed by atoms with Crippen molar-refractivity contribution >= 4 is 167 Å². The van der Waals surface area contributed by atoms with Crippen LogP contribution in [0.4, 0.5) is 40.3 Å². The summed E-state index contributed by atoms with van der Waals surface area (Å²) in [7, 11) is 0. The largest absolute Gasteiger partial charge is 0.481 e. The first kappa shape index (κ1) is 107. The Balaban J connectivity index is 0.000000230. The molecule has 17 rings (SSSR count). The van der Waals surface area contributed by atoms with Gasteiger partial charge in [-0.3, -0.25) is 73.4 Å². The minimum Gasteiger partial charge on any atom is -0.481 e. The molecule has 11 aromatic heterocycles. The molecule has 0 bridgehead atoms. The number of ether oxygens (including phenoxy) is 4. The molecule has 135 heavy (non-hydrogen) atoms. The second kappa shape index (κ2) is 51.4. The Hall–Kier alpha value is -15.5. The van der Waals surface area contributed by atoms with Crippen molar-refractivity contribution in [3.63, 3.8) is 0 Å². The third-order valence-corrected chi connectivity index (χ3v) is 21.9. The van der Waals surface area contributed by atoms with Crippen LogP contribution in [0.15, 0.2) is 230 Å². The minimum atomic E-state index is -0.833. The Kier molecular flexibility index (Phi) is 40.5. The van der Waals surface area contributed by atoms with Gasteiger partial charge in [-0.25, -0.2) is 17.6 Å². The average Bonchev–Trinajstić information content (AvgIpc) is 1.67. The molecule has 0 aliphatic carbocycles. The number of thiocarbonyl (C=S) groups is 2. The number of halogens is 4. The number of aryl methyl sites for hydroxylation is 3. The van der Waals surface area contributed by atoms with Crippen molar-refractivity contribution in [2.75, 3.05) is 11.1 Å². The number of nitro benzene ring substituents is 2. The standard InChI is InChI=1S/C26H21FN6O2S2.C17H12FN5O3S.C17H14FN5OS.C15H7FN2O3S.C9H7NOS.2C2H4O2.2CH4.Cu.H2O/c1-2-33-15-20(31-32-33)23-14-19-25(37-23)22(10-11-28-19)35-21-9-8-17(13-18(21)27)29-26(36)30-24(34)12-16-6-4-3-5-7-16;1-2-22-9-13(20-21-22)16-8-12-17(27-16)15(5-6-19-12)26-14-4-3-10(23(24)25)7-11(14)18;1-2-23-9-13(21-22-23)16-8-12-17(25-16)15(5-6-20-12)24-14-4-3-10(19)7-11(14)18;1-2-10-8-12-15(22-10)14(5-6-17-12)21-13-4-3-9(18(19)20)7-11(13)16;11-9(10-7-12)6-8-4-2-1-3-5-8;2*1-2(3)4;;;;/h3-11,13-15H,2,12H2,1H3,(H2,29,30,34,36);3-9H,2H2,1H3;3-9H,2,19H2,1H3;1,3-8H;1-5H,6H2;2*1H3,(H,3,4);2*1H4;;1H2. The van der Waals surface area contributed by atoms with E-state index in [1.54, 1.807) is 75.1 Å². The zero-order chi connectivity index (χ0) is 93.8. The maximum Gasteiger partial charge on any atom is 0.300 e. The van der Waals surface area contributed by atoms with Gasteiger partial charge in [0.25, 0.3) is 29.2 Å². The number of nitrogens with two attached hydrogens (primary N) is 1. The molecular weight excluding hydrogens is 1920 g/mol. The third kappa shape index (κ3) is 30.3. The molecule has 0 fully saturated rings. The van der Waals surface area contributed by atoms with Gasteiger partial charge >= 0.3 is 0 Å². The first-order valence-corrected chi connectivity index (χ1v) is 42.5. The van der Waals surface area contributed by atoms with E-state index in [0.717, 1.165) is 101 Å². The van der Waals surface area contributed by atoms with E-state index in [1.165, 1.54) is 100 Å². The van der Waals surface area contributed by atoms with Gasteiger partial charge in [-0.2, -0.15) is 4.99 Å². The van der Waals surface area contributed by atoms with Crippen molar-refractivity contribution in [2.24, 2.45) is 4.99 Å². The molecule has 0 unspecified atom stereocenters. The van der Waals surface area contributed by atoms with Crippen molar-refractivity contribution in [2.45, 2.75) is 81.9 Å². The molecule has 17 aromatic rings. The van der Waals surface area contributed by atoms with Crippen LogP contribution in [0, 0.1) is 55.8 Å². The number of aliphatic imine (C=N–C) groups is 1. The Morgan fingerprint density at radius 3 is 1.18 bits per heavy atom. The number of isothiocyanates is 1. The van der Waals surface area contributed by atoms with Crippen LogP contribution in [0.25, 0.3) is 72.6 Å². The van der Waals surface area contributed by atoms with Gasteiger partial charge < -0.3 is 51.0 Å². The van der Waals surface area contributed by atoms with Crippen LogP contribution in [0.5, 0.6) is 46.0 Å². The molecular formula is C90H79CuF4N19O15S6. The van der Waals surface area contributed by atoms with E-state index in [1.807, 2.05) is 123 Å². The summed E-state index contributed by atoms with van der Waals surface area (Å²) in [5, 5.41) is 68.4. The summed E-state index contributed by atoms with van der Waals surface area (Å²) in [5.74, 6) is -0.607. The van der Waals surface area contributed by atoms with Gasteiger partial charge in [0, 0.05) is 135 Å².